The molecule has 0 radical (unpaired) electrons. The Hall–Kier alpha value is -3.87. The van der Waals surface area contributed by atoms with Crippen molar-refractivity contribution in [2.24, 2.45) is 0 Å². The lowest BCUT2D eigenvalue weighted by Crippen LogP contribution is -2.46. The topological polar surface area (TPSA) is 104 Å². The van der Waals surface area contributed by atoms with Crippen LogP contribution in [0.5, 0.6) is 0 Å². The van der Waals surface area contributed by atoms with E-state index in [4.69, 9.17) is 9.47 Å². The van der Waals surface area contributed by atoms with Crippen molar-refractivity contribution in [3.05, 3.63) is 65.0 Å². The molecule has 0 bridgehead atoms. The van der Waals surface area contributed by atoms with Gasteiger partial charge in [-0.15, -0.1) is 0 Å². The van der Waals surface area contributed by atoms with Crippen molar-refractivity contribution < 1.29 is 37.0 Å². The number of benzene rings is 1. The smallest absolute Gasteiger partial charge is 0.416 e. The minimum atomic E-state index is -4.35. The van der Waals surface area contributed by atoms with Crippen LogP contribution in [-0.2, 0) is 28.7 Å². The number of hydrogen-bond acceptors (Lipinski definition) is 7. The highest BCUT2D eigenvalue weighted by atomic mass is 19.4. The molecule has 3 aliphatic heterocycles. The van der Waals surface area contributed by atoms with E-state index in [1.54, 1.807) is 21.9 Å². The second-order valence-corrected chi connectivity index (χ2v) is 11.1. The lowest BCUT2D eigenvalue weighted by Gasteiger charge is -2.37. The minimum absolute atomic E-state index is 0.0463. The zero-order valence-corrected chi connectivity index (χ0v) is 23.4. The third kappa shape index (κ3) is 6.94. The van der Waals surface area contributed by atoms with E-state index < -0.39 is 23.4 Å². The number of ether oxygens (including phenoxy) is 2. The maximum absolute atomic E-state index is 12.8. The molecule has 1 aromatic heterocycles. The van der Waals surface area contributed by atoms with Crippen molar-refractivity contribution in [3.8, 4) is 0 Å². The Morgan fingerprint density at radius 3 is 2.33 bits per heavy atom. The molecule has 1 aromatic carbocycles. The lowest BCUT2D eigenvalue weighted by atomic mass is 9.91. The van der Waals surface area contributed by atoms with Gasteiger partial charge in [-0.3, -0.25) is 19.6 Å². The van der Waals surface area contributed by atoms with Gasteiger partial charge < -0.3 is 19.7 Å². The molecule has 3 aliphatic rings. The van der Waals surface area contributed by atoms with E-state index in [2.05, 4.69) is 15.2 Å². The van der Waals surface area contributed by atoms with Crippen molar-refractivity contribution in [1.82, 2.24) is 25.0 Å². The first-order chi connectivity index (χ1) is 20.0. The van der Waals surface area contributed by atoms with Gasteiger partial charge in [0.1, 0.15) is 5.60 Å². The van der Waals surface area contributed by atoms with Crippen LogP contribution < -0.4 is 5.32 Å². The Kier molecular flexibility index (Phi) is 8.58. The SMILES string of the molecule is COC(=O)N1CCC(NC(=O)c2ccc(CN3CC4(CCN(Cc5ccc(C(F)(F)F)cc5)CC4)OC3=O)nc2)CC1. The zero-order valence-electron chi connectivity index (χ0n) is 23.4. The quantitative estimate of drug-likeness (QED) is 0.542. The van der Waals surface area contributed by atoms with Gasteiger partial charge in [0.05, 0.1) is 37.0 Å². The fraction of sp³-hybridized carbons (Fsp3) is 0.517. The number of halogens is 3. The first-order valence-electron chi connectivity index (χ1n) is 14.0. The maximum atomic E-state index is 12.8. The molecule has 42 heavy (non-hydrogen) atoms. The van der Waals surface area contributed by atoms with Crippen LogP contribution in [0.4, 0.5) is 22.8 Å². The van der Waals surface area contributed by atoms with Crippen LogP contribution in [0.25, 0.3) is 0 Å². The number of piperidine rings is 2. The number of aromatic nitrogens is 1. The van der Waals surface area contributed by atoms with Crippen LogP contribution in [-0.4, -0.2) is 89.3 Å². The second-order valence-electron chi connectivity index (χ2n) is 11.1. The molecule has 1 spiro atoms. The number of pyridine rings is 1. The van der Waals surface area contributed by atoms with Crippen LogP contribution >= 0.6 is 0 Å². The van der Waals surface area contributed by atoms with Gasteiger partial charge in [-0.05, 0) is 42.7 Å². The molecular weight excluding hydrogens is 555 g/mol. The summed E-state index contributed by atoms with van der Waals surface area (Å²) in [5.74, 6) is -0.242. The Labute approximate surface area is 241 Å². The molecule has 10 nitrogen and oxygen atoms in total. The summed E-state index contributed by atoms with van der Waals surface area (Å²) in [6, 6.07) is 8.56. The van der Waals surface area contributed by atoms with Crippen LogP contribution in [0.2, 0.25) is 0 Å². The summed E-state index contributed by atoms with van der Waals surface area (Å²) in [5, 5.41) is 2.99. The monoisotopic (exact) mass is 589 g/mol. The van der Waals surface area contributed by atoms with Gasteiger partial charge in [-0.2, -0.15) is 13.2 Å². The number of alkyl halides is 3. The van der Waals surface area contributed by atoms with Gasteiger partial charge in [-0.1, -0.05) is 12.1 Å². The molecule has 0 saturated carbocycles. The van der Waals surface area contributed by atoms with Crippen LogP contribution in [0.15, 0.2) is 42.6 Å². The summed E-state index contributed by atoms with van der Waals surface area (Å²) < 4.78 is 49.0. The van der Waals surface area contributed by atoms with E-state index in [1.165, 1.54) is 25.4 Å². The predicted octanol–water partition coefficient (Wildman–Crippen LogP) is 4.05. The van der Waals surface area contributed by atoms with E-state index in [0.29, 0.717) is 76.2 Å². The minimum Gasteiger partial charge on any atom is -0.453 e. The number of carbonyl (C=O) groups excluding carboxylic acids is 3. The highest BCUT2D eigenvalue weighted by Crippen LogP contribution is 2.35. The molecule has 3 fully saturated rings. The van der Waals surface area contributed by atoms with E-state index >= 15 is 0 Å². The van der Waals surface area contributed by atoms with Gasteiger partial charge >= 0.3 is 18.4 Å². The van der Waals surface area contributed by atoms with Crippen LogP contribution in [0.3, 0.4) is 0 Å². The summed E-state index contributed by atoms with van der Waals surface area (Å²) in [4.78, 5) is 46.8. The highest BCUT2D eigenvalue weighted by Gasteiger charge is 2.47. The molecule has 0 atom stereocenters. The van der Waals surface area contributed by atoms with E-state index in [0.717, 1.165) is 17.7 Å². The lowest BCUT2D eigenvalue weighted by molar-refractivity contribution is -0.137. The predicted molar refractivity (Wildman–Crippen MR) is 144 cm³/mol. The highest BCUT2D eigenvalue weighted by molar-refractivity contribution is 5.94. The summed E-state index contributed by atoms with van der Waals surface area (Å²) in [7, 11) is 1.35. The largest absolute Gasteiger partial charge is 0.453 e. The van der Waals surface area contributed by atoms with Crippen molar-refractivity contribution in [3.63, 3.8) is 0 Å². The van der Waals surface area contributed by atoms with Crippen molar-refractivity contribution in [1.29, 1.82) is 0 Å². The molecule has 1 N–H and O–H groups in total. The molecule has 5 rings (SSSR count). The fourth-order valence-electron chi connectivity index (χ4n) is 5.70. The molecule has 4 heterocycles. The summed E-state index contributed by atoms with van der Waals surface area (Å²) in [6.45, 7) is 3.55. The molecule has 226 valence electrons. The van der Waals surface area contributed by atoms with E-state index in [1.807, 2.05) is 0 Å². The summed E-state index contributed by atoms with van der Waals surface area (Å²) >= 11 is 0. The van der Waals surface area contributed by atoms with E-state index in [9.17, 15) is 27.6 Å². The maximum Gasteiger partial charge on any atom is 0.416 e. The number of nitrogens with one attached hydrogen (secondary N) is 1. The number of hydrogen-bond donors (Lipinski definition) is 1. The number of amides is 3. The van der Waals surface area contributed by atoms with Crippen molar-refractivity contribution in [2.45, 2.75) is 56.6 Å². The number of rotatable bonds is 6. The fourth-order valence-corrected chi connectivity index (χ4v) is 5.70. The third-order valence-corrected chi connectivity index (χ3v) is 8.20. The number of likely N-dealkylation sites (tertiary alicyclic amines) is 2. The van der Waals surface area contributed by atoms with Crippen LogP contribution in [0.1, 0.15) is 52.9 Å². The van der Waals surface area contributed by atoms with Crippen LogP contribution in [0, 0.1) is 0 Å². The van der Waals surface area contributed by atoms with Gasteiger partial charge in [0.25, 0.3) is 5.91 Å². The number of carbonyl (C=O) groups is 3. The summed E-state index contributed by atoms with van der Waals surface area (Å²) in [5.41, 5.74) is 0.582. The molecule has 3 saturated heterocycles. The molecule has 13 heteroatoms. The normalized spacial score (nSPS) is 19.6. The summed E-state index contributed by atoms with van der Waals surface area (Å²) in [6.07, 6.45) is -1.11. The van der Waals surface area contributed by atoms with Crippen molar-refractivity contribution in [2.75, 3.05) is 39.8 Å². The van der Waals surface area contributed by atoms with Crippen molar-refractivity contribution >= 4 is 18.1 Å². The zero-order chi connectivity index (χ0) is 29.9. The first-order valence-corrected chi connectivity index (χ1v) is 14.0. The van der Waals surface area contributed by atoms with E-state index in [-0.39, 0.29) is 24.6 Å². The first kappa shape index (κ1) is 29.6. The number of nitrogens with zero attached hydrogens (tertiary/aromatic N) is 4. The Morgan fingerprint density at radius 1 is 1.05 bits per heavy atom. The standard InChI is InChI=1S/C29H34F3N5O5/c1-41-26(39)36-12-8-23(9-13-36)34-25(38)21-4-7-24(33-16-21)18-37-19-28(42-27(37)40)10-14-35(15-11-28)17-20-2-5-22(6-3-20)29(30,31)32/h2-7,16,23H,8-15,17-19H2,1H3,(H,34,38). The second kappa shape index (κ2) is 12.2. The average Bonchev–Trinajstić information content (AvgIpc) is 3.28. The molecule has 0 aliphatic carbocycles. The number of methoxy groups -OCH3 is 1. The Balaban J connectivity index is 1.08. The molecule has 2 aromatic rings. The average molecular weight is 590 g/mol. The van der Waals surface area contributed by atoms with Gasteiger partial charge in [-0.25, -0.2) is 9.59 Å². The van der Waals surface area contributed by atoms with Gasteiger partial charge in [0.2, 0.25) is 0 Å². The molecular formula is C29H34F3N5O5. The molecule has 3 amide bonds. The Morgan fingerprint density at radius 2 is 1.74 bits per heavy atom. The van der Waals surface area contributed by atoms with Gasteiger partial charge in [0.15, 0.2) is 0 Å². The third-order valence-electron chi connectivity index (χ3n) is 8.20. The van der Waals surface area contributed by atoms with Gasteiger partial charge in [0, 0.05) is 57.8 Å². The Bertz CT molecular complexity index is 1270. The molecule has 0 unspecified atom stereocenters.